The molecule has 3 fully saturated rings. The monoisotopic (exact) mass is 320 g/mol. The second-order valence-corrected chi connectivity index (χ2v) is 6.75. The van der Waals surface area contributed by atoms with Crippen molar-refractivity contribution in [2.75, 3.05) is 21.3 Å². The Bertz CT molecular complexity index is 601. The lowest BCUT2D eigenvalue weighted by Gasteiger charge is -2.51. The van der Waals surface area contributed by atoms with E-state index in [-0.39, 0.29) is 17.8 Å². The molecule has 2 bridgehead atoms. The van der Waals surface area contributed by atoms with E-state index in [1.54, 1.807) is 21.3 Å². The lowest BCUT2D eigenvalue weighted by Crippen LogP contribution is -2.54. The molecule has 4 atom stereocenters. The van der Waals surface area contributed by atoms with Crippen molar-refractivity contribution < 1.29 is 23.7 Å². The van der Waals surface area contributed by atoms with Crippen LogP contribution in [0.2, 0.25) is 0 Å². The van der Waals surface area contributed by atoms with Crippen molar-refractivity contribution in [2.45, 2.75) is 38.2 Å². The Balaban J connectivity index is 2.04. The van der Waals surface area contributed by atoms with Crippen molar-refractivity contribution in [3.63, 3.8) is 0 Å². The number of hydrogen-bond acceptors (Lipinski definition) is 5. The van der Waals surface area contributed by atoms with Crippen molar-refractivity contribution in [1.82, 2.24) is 0 Å². The highest BCUT2D eigenvalue weighted by Crippen LogP contribution is 2.54. The molecule has 0 N–H and O–H groups in total. The summed E-state index contributed by atoms with van der Waals surface area (Å²) in [5.74, 6) is 2.12. The van der Waals surface area contributed by atoms with Gasteiger partial charge in [0.25, 0.3) is 0 Å². The van der Waals surface area contributed by atoms with Gasteiger partial charge in [-0.3, -0.25) is 4.79 Å². The number of rotatable bonds is 4. The highest BCUT2D eigenvalue weighted by molar-refractivity contribution is 5.76. The molecule has 2 saturated heterocycles. The number of carbonyl (C=O) groups excluding carboxylic acids is 1. The SMILES string of the molecule is COc1cc([C@@H]2C[C@]3(C)OC(=O)[C@@H]2C[C@@H]3C)cc(OC)c1OC. The minimum absolute atomic E-state index is 0.0874. The average Bonchev–Trinajstić information content (AvgIpc) is 2.54. The van der Waals surface area contributed by atoms with Crippen LogP contribution in [0.25, 0.3) is 0 Å². The van der Waals surface area contributed by atoms with Crippen LogP contribution in [-0.4, -0.2) is 32.9 Å². The summed E-state index contributed by atoms with van der Waals surface area (Å²) in [5.41, 5.74) is 0.649. The van der Waals surface area contributed by atoms with Gasteiger partial charge in [-0.1, -0.05) is 6.92 Å². The Kier molecular flexibility index (Phi) is 3.90. The molecule has 3 aliphatic rings. The summed E-state index contributed by atoms with van der Waals surface area (Å²) in [5, 5.41) is 0. The third-order valence-corrected chi connectivity index (χ3v) is 5.51. The molecule has 23 heavy (non-hydrogen) atoms. The van der Waals surface area contributed by atoms with Crippen LogP contribution < -0.4 is 14.2 Å². The molecule has 4 rings (SSSR count). The van der Waals surface area contributed by atoms with E-state index >= 15 is 0 Å². The first-order chi connectivity index (χ1) is 10.9. The fourth-order valence-electron chi connectivity index (χ4n) is 3.95. The van der Waals surface area contributed by atoms with Crippen LogP contribution in [0.5, 0.6) is 17.2 Å². The molecule has 0 amide bonds. The van der Waals surface area contributed by atoms with Gasteiger partial charge in [0.1, 0.15) is 5.60 Å². The van der Waals surface area contributed by atoms with E-state index in [0.29, 0.717) is 23.2 Å². The number of esters is 1. The van der Waals surface area contributed by atoms with Crippen molar-refractivity contribution in [3.05, 3.63) is 17.7 Å². The summed E-state index contributed by atoms with van der Waals surface area (Å²) in [6, 6.07) is 3.90. The van der Waals surface area contributed by atoms with E-state index in [9.17, 15) is 4.79 Å². The van der Waals surface area contributed by atoms with E-state index in [1.807, 2.05) is 19.1 Å². The fourth-order valence-corrected chi connectivity index (χ4v) is 3.95. The number of carbonyl (C=O) groups is 1. The minimum Gasteiger partial charge on any atom is -0.493 e. The molecule has 2 heterocycles. The number of ether oxygens (including phenoxy) is 4. The molecule has 126 valence electrons. The summed E-state index contributed by atoms with van der Waals surface area (Å²) >= 11 is 0. The smallest absolute Gasteiger partial charge is 0.310 e. The molecule has 1 aromatic carbocycles. The number of methoxy groups -OCH3 is 3. The Morgan fingerprint density at radius 2 is 1.70 bits per heavy atom. The van der Waals surface area contributed by atoms with Crippen LogP contribution in [0.1, 0.15) is 38.2 Å². The van der Waals surface area contributed by atoms with E-state index in [1.165, 1.54) is 0 Å². The van der Waals surface area contributed by atoms with Crippen LogP contribution in [0.15, 0.2) is 12.1 Å². The predicted octanol–water partition coefficient (Wildman–Crippen LogP) is 3.16. The van der Waals surface area contributed by atoms with E-state index in [2.05, 4.69) is 6.92 Å². The molecule has 1 saturated carbocycles. The van der Waals surface area contributed by atoms with Gasteiger partial charge < -0.3 is 18.9 Å². The van der Waals surface area contributed by atoms with Crippen LogP contribution in [0.4, 0.5) is 0 Å². The molecular weight excluding hydrogens is 296 g/mol. The molecule has 5 heteroatoms. The van der Waals surface area contributed by atoms with Gasteiger partial charge >= 0.3 is 5.97 Å². The molecule has 0 spiro atoms. The first-order valence-electron chi connectivity index (χ1n) is 7.96. The van der Waals surface area contributed by atoms with Gasteiger partial charge in [0.2, 0.25) is 5.75 Å². The quantitative estimate of drug-likeness (QED) is 0.798. The van der Waals surface area contributed by atoms with Gasteiger partial charge in [0.05, 0.1) is 27.2 Å². The standard InChI is InChI=1S/C18H24O5/c1-10-6-12-13(9-18(10,2)23-17(12)19)11-7-14(20-3)16(22-5)15(8-11)21-4/h7-8,10,12-13H,6,9H2,1-5H3/t10-,12+,13-,18-/m0/s1. The second-order valence-electron chi connectivity index (χ2n) is 6.75. The second kappa shape index (κ2) is 5.62. The first-order valence-corrected chi connectivity index (χ1v) is 7.96. The lowest BCUT2D eigenvalue weighted by atomic mass is 9.62. The van der Waals surface area contributed by atoms with Crippen LogP contribution >= 0.6 is 0 Å². The number of fused-ring (bicyclic) bond motifs is 3. The Morgan fingerprint density at radius 1 is 1.09 bits per heavy atom. The Labute approximate surface area is 136 Å². The van der Waals surface area contributed by atoms with Gasteiger partial charge in [-0.05, 0) is 43.4 Å². The molecule has 0 radical (unpaired) electrons. The zero-order valence-electron chi connectivity index (χ0n) is 14.3. The molecule has 1 aliphatic carbocycles. The Hall–Kier alpha value is -1.91. The van der Waals surface area contributed by atoms with Gasteiger partial charge in [-0.2, -0.15) is 0 Å². The van der Waals surface area contributed by atoms with Gasteiger partial charge in [0.15, 0.2) is 11.5 Å². The van der Waals surface area contributed by atoms with E-state index in [0.717, 1.165) is 18.4 Å². The lowest BCUT2D eigenvalue weighted by molar-refractivity contribution is -0.198. The summed E-state index contributed by atoms with van der Waals surface area (Å²) in [6.07, 6.45) is 1.68. The zero-order chi connectivity index (χ0) is 16.8. The molecule has 1 aromatic rings. The highest BCUT2D eigenvalue weighted by atomic mass is 16.6. The average molecular weight is 320 g/mol. The zero-order valence-corrected chi connectivity index (χ0v) is 14.3. The third-order valence-electron chi connectivity index (χ3n) is 5.51. The number of hydrogen-bond donors (Lipinski definition) is 0. The van der Waals surface area contributed by atoms with E-state index < -0.39 is 5.60 Å². The van der Waals surface area contributed by atoms with Gasteiger partial charge in [-0.25, -0.2) is 0 Å². The van der Waals surface area contributed by atoms with E-state index in [4.69, 9.17) is 18.9 Å². The molecule has 5 nitrogen and oxygen atoms in total. The van der Waals surface area contributed by atoms with Gasteiger partial charge in [0, 0.05) is 5.92 Å². The maximum atomic E-state index is 12.3. The topological polar surface area (TPSA) is 54.0 Å². The Morgan fingerprint density at radius 3 is 2.17 bits per heavy atom. The largest absolute Gasteiger partial charge is 0.493 e. The molecule has 2 aliphatic heterocycles. The highest BCUT2D eigenvalue weighted by Gasteiger charge is 2.54. The summed E-state index contributed by atoms with van der Waals surface area (Å²) in [6.45, 7) is 4.20. The van der Waals surface area contributed by atoms with Crippen molar-refractivity contribution in [2.24, 2.45) is 11.8 Å². The predicted molar refractivity (Wildman–Crippen MR) is 85.2 cm³/mol. The maximum absolute atomic E-state index is 12.3. The fraction of sp³-hybridized carbons (Fsp3) is 0.611. The molecule has 0 unspecified atom stereocenters. The normalized spacial score (nSPS) is 32.4. The minimum atomic E-state index is -0.392. The van der Waals surface area contributed by atoms with Crippen molar-refractivity contribution in [3.8, 4) is 17.2 Å². The number of benzene rings is 1. The van der Waals surface area contributed by atoms with Crippen molar-refractivity contribution >= 4 is 5.97 Å². The molecule has 0 aromatic heterocycles. The maximum Gasteiger partial charge on any atom is 0.310 e. The molecular formula is C18H24O5. The van der Waals surface area contributed by atoms with Gasteiger partial charge in [-0.15, -0.1) is 0 Å². The van der Waals surface area contributed by atoms with Crippen molar-refractivity contribution in [1.29, 1.82) is 0 Å². The third kappa shape index (κ3) is 2.42. The summed E-state index contributed by atoms with van der Waals surface area (Å²) in [7, 11) is 4.79. The van der Waals surface area contributed by atoms with Crippen LogP contribution in [0.3, 0.4) is 0 Å². The van der Waals surface area contributed by atoms with Crippen LogP contribution in [0, 0.1) is 11.8 Å². The summed E-state index contributed by atoms with van der Waals surface area (Å²) in [4.78, 5) is 12.3. The van der Waals surface area contributed by atoms with Crippen LogP contribution in [-0.2, 0) is 9.53 Å². The summed E-state index contributed by atoms with van der Waals surface area (Å²) < 4.78 is 21.9. The first kappa shape index (κ1) is 16.0.